The molecule has 0 aliphatic heterocycles. The summed E-state index contributed by atoms with van der Waals surface area (Å²) in [6.07, 6.45) is -0.456. The number of nitrogens with one attached hydrogen (secondary N) is 3. The number of rotatable bonds is 17. The molecule has 0 rings (SSSR count). The molecule has 0 bridgehead atoms. The van der Waals surface area contributed by atoms with E-state index in [4.69, 9.17) is 27.4 Å². The molecule has 4 atom stereocenters. The van der Waals surface area contributed by atoms with Crippen LogP contribution in [0.4, 0.5) is 0 Å². The molecule has 0 fully saturated rings. The highest BCUT2D eigenvalue weighted by Crippen LogP contribution is 2.06. The Bertz CT molecular complexity index is 722. The van der Waals surface area contributed by atoms with Crippen molar-refractivity contribution in [1.29, 1.82) is 0 Å². The van der Waals surface area contributed by atoms with E-state index in [0.717, 1.165) is 0 Å². The smallest absolute Gasteiger partial charge is 0.326 e. The van der Waals surface area contributed by atoms with E-state index >= 15 is 0 Å². The molecule has 0 saturated carbocycles. The lowest BCUT2D eigenvalue weighted by molar-refractivity contribution is -0.144. The minimum atomic E-state index is -1.67. The van der Waals surface area contributed by atoms with Gasteiger partial charge in [0.05, 0.1) is 12.5 Å². The second kappa shape index (κ2) is 15.8. The van der Waals surface area contributed by atoms with E-state index in [1.54, 1.807) is 0 Å². The van der Waals surface area contributed by atoms with Crippen LogP contribution in [0.25, 0.3) is 0 Å². The van der Waals surface area contributed by atoms with Gasteiger partial charge < -0.3 is 43.4 Å². The summed E-state index contributed by atoms with van der Waals surface area (Å²) in [4.78, 5) is 70.8. The fraction of sp³-hybridized carbons (Fsp3) is 0.667. The Hall–Kier alpha value is -2.91. The van der Waals surface area contributed by atoms with Gasteiger partial charge in [0, 0.05) is 12.2 Å². The van der Waals surface area contributed by atoms with Gasteiger partial charge >= 0.3 is 11.9 Å². The number of carboxylic acid groups (broad SMARTS) is 2. The highest BCUT2D eigenvalue weighted by molar-refractivity contribution is 7.80. The summed E-state index contributed by atoms with van der Waals surface area (Å²) < 4.78 is 0. The van der Waals surface area contributed by atoms with Crippen LogP contribution < -0.4 is 33.2 Å². The Morgan fingerprint density at radius 2 is 1.33 bits per heavy atom. The van der Waals surface area contributed by atoms with Gasteiger partial charge in [-0.25, -0.2) is 4.79 Å². The van der Waals surface area contributed by atoms with Crippen LogP contribution in [-0.4, -0.2) is 82.2 Å². The van der Waals surface area contributed by atoms with Gasteiger partial charge in [-0.15, -0.1) is 0 Å². The van der Waals surface area contributed by atoms with Crippen molar-refractivity contribution in [3.8, 4) is 0 Å². The fourth-order valence-corrected chi connectivity index (χ4v) is 2.77. The molecule has 11 N–H and O–H groups in total. The molecule has 4 unspecified atom stereocenters. The zero-order chi connectivity index (χ0) is 25.6. The zero-order valence-electron chi connectivity index (χ0n) is 18.0. The number of amides is 4. The highest BCUT2D eigenvalue weighted by Gasteiger charge is 2.31. The number of hydrogen-bond acceptors (Lipinski definition) is 9. The van der Waals surface area contributed by atoms with Gasteiger partial charge in [0.25, 0.3) is 0 Å². The topological polar surface area (TPSA) is 257 Å². The van der Waals surface area contributed by atoms with Crippen LogP contribution in [0.3, 0.4) is 0 Å². The van der Waals surface area contributed by atoms with E-state index in [1.165, 1.54) is 0 Å². The third-order valence-electron chi connectivity index (χ3n) is 4.41. The normalized spacial score (nSPS) is 14.3. The molecule has 0 aromatic heterocycles. The van der Waals surface area contributed by atoms with Gasteiger partial charge in [0.15, 0.2) is 0 Å². The molecule has 0 radical (unpaired) electrons. The Kier molecular flexibility index (Phi) is 14.4. The summed E-state index contributed by atoms with van der Waals surface area (Å²) in [5, 5.41) is 24.9. The molecule has 0 spiro atoms. The molecule has 4 amide bonds. The number of carbonyl (C=O) groups excluding carboxylic acids is 4. The fourth-order valence-electron chi connectivity index (χ4n) is 2.61. The van der Waals surface area contributed by atoms with Crippen LogP contribution in [0.1, 0.15) is 38.5 Å². The summed E-state index contributed by atoms with van der Waals surface area (Å²) >= 11 is 3.92. The quantitative estimate of drug-likeness (QED) is 0.0719. The number of unbranched alkanes of at least 4 members (excludes halogenated alkanes) is 1. The second-order valence-electron chi connectivity index (χ2n) is 7.20. The van der Waals surface area contributed by atoms with E-state index < -0.39 is 72.6 Å². The van der Waals surface area contributed by atoms with Gasteiger partial charge in [-0.3, -0.25) is 24.0 Å². The van der Waals surface area contributed by atoms with Crippen LogP contribution in [0.5, 0.6) is 0 Å². The second-order valence-corrected chi connectivity index (χ2v) is 7.56. The molecular formula is C18H32N6O8S. The summed E-state index contributed by atoms with van der Waals surface area (Å²) in [5.74, 6) is -6.27. The predicted octanol–water partition coefficient (Wildman–Crippen LogP) is -3.35. The molecule has 0 aliphatic rings. The maximum Gasteiger partial charge on any atom is 0.326 e. The first-order valence-electron chi connectivity index (χ1n) is 10.1. The maximum absolute atomic E-state index is 12.8. The van der Waals surface area contributed by atoms with E-state index in [9.17, 15) is 28.8 Å². The number of thiol groups is 1. The first-order chi connectivity index (χ1) is 15.4. The summed E-state index contributed by atoms with van der Waals surface area (Å²) in [6, 6.07) is -5.24. The minimum absolute atomic E-state index is 0.0169. The summed E-state index contributed by atoms with van der Waals surface area (Å²) in [6.45, 7) is 0.346. The van der Waals surface area contributed by atoms with Gasteiger partial charge in [-0.2, -0.15) is 12.6 Å². The lowest BCUT2D eigenvalue weighted by atomic mass is 10.1. The lowest BCUT2D eigenvalue weighted by Gasteiger charge is -2.24. The van der Waals surface area contributed by atoms with Gasteiger partial charge in [0.1, 0.15) is 18.1 Å². The van der Waals surface area contributed by atoms with Crippen molar-refractivity contribution in [2.75, 3.05) is 12.3 Å². The SMILES string of the molecule is NCCCCC(NC(=O)C(N)CS)C(=O)NC(CCC(=O)O)C(=O)NC(CC(N)=O)C(=O)O. The molecule has 15 heteroatoms. The van der Waals surface area contributed by atoms with Crippen molar-refractivity contribution < 1.29 is 39.0 Å². The van der Waals surface area contributed by atoms with Gasteiger partial charge in [-0.1, -0.05) is 0 Å². The molecule has 33 heavy (non-hydrogen) atoms. The van der Waals surface area contributed by atoms with Crippen LogP contribution in [0.15, 0.2) is 0 Å². The van der Waals surface area contributed by atoms with Crippen LogP contribution >= 0.6 is 12.6 Å². The van der Waals surface area contributed by atoms with Crippen LogP contribution in [0.2, 0.25) is 0 Å². The lowest BCUT2D eigenvalue weighted by Crippen LogP contribution is -2.57. The maximum atomic E-state index is 12.8. The molecule has 188 valence electrons. The van der Waals surface area contributed by atoms with Crippen molar-refractivity contribution in [1.82, 2.24) is 16.0 Å². The third-order valence-corrected chi connectivity index (χ3v) is 4.81. The molecular weight excluding hydrogens is 460 g/mol. The largest absolute Gasteiger partial charge is 0.481 e. The molecule has 0 aromatic carbocycles. The molecule has 0 saturated heterocycles. The number of carboxylic acids is 2. The Morgan fingerprint density at radius 1 is 0.818 bits per heavy atom. The molecule has 0 aliphatic carbocycles. The third kappa shape index (κ3) is 12.6. The van der Waals surface area contributed by atoms with Crippen molar-refractivity contribution >= 4 is 48.2 Å². The van der Waals surface area contributed by atoms with E-state index in [0.29, 0.717) is 19.4 Å². The Labute approximate surface area is 195 Å². The first kappa shape index (κ1) is 30.1. The van der Waals surface area contributed by atoms with Crippen LogP contribution in [-0.2, 0) is 28.8 Å². The van der Waals surface area contributed by atoms with Crippen molar-refractivity contribution in [2.45, 2.75) is 62.7 Å². The van der Waals surface area contributed by atoms with Crippen molar-refractivity contribution in [3.05, 3.63) is 0 Å². The average Bonchev–Trinajstić information content (AvgIpc) is 2.73. The van der Waals surface area contributed by atoms with E-state index in [-0.39, 0.29) is 18.6 Å². The standard InChI is InChI=1S/C18H32N6O8S/c19-6-2-1-3-10(22-15(28)9(20)8-33)16(29)23-11(4-5-14(26)27)17(30)24-12(18(31)32)7-13(21)25/h9-12,33H,1-8,19-20H2,(H2,21,25)(H,22,28)(H,23,29)(H,24,30)(H,26,27)(H,31,32). The van der Waals surface area contributed by atoms with Crippen molar-refractivity contribution in [2.24, 2.45) is 17.2 Å². The van der Waals surface area contributed by atoms with Crippen molar-refractivity contribution in [3.63, 3.8) is 0 Å². The van der Waals surface area contributed by atoms with E-state index in [2.05, 4.69) is 28.6 Å². The predicted molar refractivity (Wildman–Crippen MR) is 119 cm³/mol. The number of aliphatic carboxylic acids is 2. The molecule has 0 heterocycles. The number of nitrogens with two attached hydrogens (primary N) is 3. The molecule has 0 aromatic rings. The average molecular weight is 493 g/mol. The van der Waals surface area contributed by atoms with E-state index in [1.807, 2.05) is 0 Å². The number of hydrogen-bond donors (Lipinski definition) is 9. The summed E-state index contributed by atoms with van der Waals surface area (Å²) in [7, 11) is 0. The van der Waals surface area contributed by atoms with Crippen LogP contribution in [0, 0.1) is 0 Å². The Balaban J connectivity index is 5.54. The zero-order valence-corrected chi connectivity index (χ0v) is 18.9. The number of primary amides is 1. The first-order valence-corrected chi connectivity index (χ1v) is 10.8. The molecule has 14 nitrogen and oxygen atoms in total. The minimum Gasteiger partial charge on any atom is -0.481 e. The van der Waals surface area contributed by atoms with Gasteiger partial charge in [0.2, 0.25) is 23.6 Å². The Morgan fingerprint density at radius 3 is 1.79 bits per heavy atom. The highest BCUT2D eigenvalue weighted by atomic mass is 32.1. The monoisotopic (exact) mass is 492 g/mol. The number of carbonyl (C=O) groups is 6. The summed E-state index contributed by atoms with van der Waals surface area (Å²) in [5.41, 5.74) is 16.0. The van der Waals surface area contributed by atoms with Gasteiger partial charge in [-0.05, 0) is 32.2 Å².